The lowest BCUT2D eigenvalue weighted by molar-refractivity contribution is 0.130. The van der Waals surface area contributed by atoms with Crippen LogP contribution in [0, 0.1) is 17.3 Å². The van der Waals surface area contributed by atoms with Crippen LogP contribution in [0.5, 0.6) is 0 Å². The van der Waals surface area contributed by atoms with Gasteiger partial charge in [-0.05, 0) is 55.9 Å². The second-order valence-corrected chi connectivity index (χ2v) is 7.81. The fourth-order valence-corrected chi connectivity index (χ4v) is 3.76. The third-order valence-corrected chi connectivity index (χ3v) is 5.22. The van der Waals surface area contributed by atoms with Crippen LogP contribution in [-0.2, 0) is 7.05 Å². The molecule has 0 aromatic carbocycles. The average Bonchev–Trinajstić information content (AvgIpc) is 2.85. The molecule has 3 heteroatoms. The summed E-state index contributed by atoms with van der Waals surface area (Å²) in [7, 11) is 2.11. The van der Waals surface area contributed by atoms with Crippen LogP contribution in [0.25, 0.3) is 0 Å². The highest BCUT2D eigenvalue weighted by Crippen LogP contribution is 2.43. The van der Waals surface area contributed by atoms with Crippen molar-refractivity contribution in [2.45, 2.75) is 65.8 Å². The highest BCUT2D eigenvalue weighted by Gasteiger charge is 2.34. The van der Waals surface area contributed by atoms with Crippen LogP contribution in [0.1, 0.15) is 71.7 Å². The number of hydrogen-bond donors (Lipinski definition) is 1. The first-order chi connectivity index (χ1) is 9.93. The summed E-state index contributed by atoms with van der Waals surface area (Å²) < 4.78 is 2.18. The Morgan fingerprint density at radius 3 is 2.43 bits per heavy atom. The summed E-state index contributed by atoms with van der Waals surface area (Å²) in [6.07, 6.45) is 10.6. The minimum absolute atomic E-state index is 0.422. The lowest BCUT2D eigenvalue weighted by Gasteiger charge is -2.39. The van der Waals surface area contributed by atoms with E-state index in [9.17, 15) is 0 Å². The molecule has 0 saturated heterocycles. The van der Waals surface area contributed by atoms with Crippen molar-refractivity contribution in [1.82, 2.24) is 14.9 Å². The van der Waals surface area contributed by atoms with Gasteiger partial charge in [-0.3, -0.25) is 0 Å². The van der Waals surface area contributed by atoms with Gasteiger partial charge in [0.2, 0.25) is 0 Å². The second kappa shape index (κ2) is 6.95. The van der Waals surface area contributed by atoms with Crippen LogP contribution in [0.15, 0.2) is 12.4 Å². The van der Waals surface area contributed by atoms with Crippen molar-refractivity contribution in [1.29, 1.82) is 0 Å². The third-order valence-electron chi connectivity index (χ3n) is 5.22. The number of nitrogens with zero attached hydrogens (tertiary/aromatic N) is 2. The van der Waals surface area contributed by atoms with Gasteiger partial charge in [-0.15, -0.1) is 0 Å². The largest absolute Gasteiger partial charge is 0.337 e. The van der Waals surface area contributed by atoms with Crippen LogP contribution in [0.3, 0.4) is 0 Å². The maximum Gasteiger partial charge on any atom is 0.125 e. The molecule has 1 aliphatic carbocycles. The number of aryl methyl sites for hydroxylation is 1. The molecule has 1 N–H and O–H groups in total. The van der Waals surface area contributed by atoms with Crippen molar-refractivity contribution >= 4 is 0 Å². The van der Waals surface area contributed by atoms with Gasteiger partial charge in [0.15, 0.2) is 0 Å². The first-order valence-electron chi connectivity index (χ1n) is 8.64. The monoisotopic (exact) mass is 291 g/mol. The quantitative estimate of drug-likeness (QED) is 0.876. The molecule has 0 spiro atoms. The zero-order valence-corrected chi connectivity index (χ0v) is 14.5. The summed E-state index contributed by atoms with van der Waals surface area (Å²) in [5.74, 6) is 2.82. The molecule has 1 atom stereocenters. The van der Waals surface area contributed by atoms with Crippen molar-refractivity contribution in [3.8, 4) is 0 Å². The molecule has 0 radical (unpaired) electrons. The summed E-state index contributed by atoms with van der Waals surface area (Å²) in [5, 5.41) is 3.75. The zero-order valence-electron chi connectivity index (χ0n) is 14.5. The summed E-state index contributed by atoms with van der Waals surface area (Å²) in [6, 6.07) is 0.422. The summed E-state index contributed by atoms with van der Waals surface area (Å²) in [5.41, 5.74) is 0.459. The normalized spacial score (nSPS) is 25.0. The summed E-state index contributed by atoms with van der Waals surface area (Å²) >= 11 is 0. The summed E-state index contributed by atoms with van der Waals surface area (Å²) in [4.78, 5) is 4.61. The van der Waals surface area contributed by atoms with E-state index < -0.39 is 0 Å². The fraction of sp³-hybridized carbons (Fsp3) is 0.833. The van der Waals surface area contributed by atoms with Gasteiger partial charge in [0.1, 0.15) is 5.82 Å². The molecule has 1 aromatic heterocycles. The molecule has 2 rings (SSSR count). The Hall–Kier alpha value is -0.830. The average molecular weight is 291 g/mol. The van der Waals surface area contributed by atoms with E-state index in [-0.39, 0.29) is 0 Å². The van der Waals surface area contributed by atoms with Crippen molar-refractivity contribution in [3.63, 3.8) is 0 Å². The van der Waals surface area contributed by atoms with Crippen LogP contribution in [0.4, 0.5) is 0 Å². The standard InChI is InChI=1S/C18H33N3/c1-6-11-19-16(17-20-12-13-21(17)5)14-7-9-15(10-8-14)18(2,3)4/h12-16,19H,6-11H2,1-5H3. The molecular weight excluding hydrogens is 258 g/mol. The first-order valence-corrected chi connectivity index (χ1v) is 8.64. The Morgan fingerprint density at radius 2 is 1.95 bits per heavy atom. The lowest BCUT2D eigenvalue weighted by atomic mass is 9.68. The minimum Gasteiger partial charge on any atom is -0.337 e. The SMILES string of the molecule is CCCNC(c1nccn1C)C1CCC(C(C)(C)C)CC1. The minimum atomic E-state index is 0.422. The second-order valence-electron chi connectivity index (χ2n) is 7.81. The molecule has 1 heterocycles. The fourth-order valence-electron chi connectivity index (χ4n) is 3.76. The molecule has 1 unspecified atom stereocenters. The molecule has 21 heavy (non-hydrogen) atoms. The van der Waals surface area contributed by atoms with Crippen molar-refractivity contribution in [2.24, 2.45) is 24.3 Å². The van der Waals surface area contributed by atoms with Crippen molar-refractivity contribution in [3.05, 3.63) is 18.2 Å². The molecule has 0 bridgehead atoms. The van der Waals surface area contributed by atoms with E-state index in [1.54, 1.807) is 0 Å². The number of aromatic nitrogens is 2. The molecular formula is C18H33N3. The third kappa shape index (κ3) is 4.09. The van der Waals surface area contributed by atoms with E-state index in [2.05, 4.69) is 55.8 Å². The molecule has 1 fully saturated rings. The topological polar surface area (TPSA) is 29.9 Å². The molecule has 1 saturated carbocycles. The Morgan fingerprint density at radius 1 is 1.29 bits per heavy atom. The number of nitrogens with one attached hydrogen (secondary N) is 1. The molecule has 1 aromatic rings. The zero-order chi connectivity index (χ0) is 15.5. The maximum atomic E-state index is 4.61. The molecule has 0 aliphatic heterocycles. The van der Waals surface area contributed by atoms with E-state index in [4.69, 9.17) is 0 Å². The van der Waals surface area contributed by atoms with Crippen LogP contribution in [0.2, 0.25) is 0 Å². The van der Waals surface area contributed by atoms with Gasteiger partial charge in [0.05, 0.1) is 6.04 Å². The predicted molar refractivity (Wildman–Crippen MR) is 89.1 cm³/mol. The van der Waals surface area contributed by atoms with Gasteiger partial charge in [0, 0.05) is 19.4 Å². The van der Waals surface area contributed by atoms with Crippen molar-refractivity contribution in [2.75, 3.05) is 6.54 Å². The maximum absolute atomic E-state index is 4.61. The predicted octanol–water partition coefficient (Wildman–Crippen LogP) is 4.31. The molecule has 1 aliphatic rings. The van der Waals surface area contributed by atoms with Gasteiger partial charge < -0.3 is 9.88 Å². The van der Waals surface area contributed by atoms with Crippen LogP contribution >= 0.6 is 0 Å². The Labute approximate surface area is 130 Å². The van der Waals surface area contributed by atoms with E-state index in [1.165, 1.54) is 37.9 Å². The molecule has 120 valence electrons. The lowest BCUT2D eigenvalue weighted by Crippen LogP contribution is -2.35. The number of rotatable bonds is 5. The smallest absolute Gasteiger partial charge is 0.125 e. The van der Waals surface area contributed by atoms with Gasteiger partial charge in [-0.1, -0.05) is 27.7 Å². The highest BCUT2D eigenvalue weighted by atomic mass is 15.1. The van der Waals surface area contributed by atoms with Gasteiger partial charge in [-0.25, -0.2) is 4.98 Å². The molecule has 3 nitrogen and oxygen atoms in total. The number of hydrogen-bond acceptors (Lipinski definition) is 2. The van der Waals surface area contributed by atoms with Gasteiger partial charge >= 0.3 is 0 Å². The summed E-state index contributed by atoms with van der Waals surface area (Å²) in [6.45, 7) is 10.5. The molecule has 0 amide bonds. The van der Waals surface area contributed by atoms with E-state index in [0.717, 1.165) is 18.4 Å². The first kappa shape index (κ1) is 16.5. The van der Waals surface area contributed by atoms with Gasteiger partial charge in [-0.2, -0.15) is 0 Å². The Balaban J connectivity index is 2.04. The van der Waals surface area contributed by atoms with Crippen LogP contribution < -0.4 is 5.32 Å². The van der Waals surface area contributed by atoms with E-state index in [0.29, 0.717) is 11.5 Å². The van der Waals surface area contributed by atoms with Crippen LogP contribution in [-0.4, -0.2) is 16.1 Å². The van der Waals surface area contributed by atoms with Gasteiger partial charge in [0.25, 0.3) is 0 Å². The number of imidazole rings is 1. The van der Waals surface area contributed by atoms with E-state index >= 15 is 0 Å². The van der Waals surface area contributed by atoms with E-state index in [1.807, 2.05) is 6.20 Å². The highest BCUT2D eigenvalue weighted by molar-refractivity contribution is 5.02. The van der Waals surface area contributed by atoms with Crippen molar-refractivity contribution < 1.29 is 0 Å². The Bertz CT molecular complexity index is 422. The Kier molecular flexibility index (Phi) is 5.48.